The van der Waals surface area contributed by atoms with Crippen molar-refractivity contribution in [2.45, 2.75) is 90.3 Å². The largest absolute Gasteiger partial charge is 0.378 e. The lowest BCUT2D eigenvalue weighted by atomic mass is 9.82. The van der Waals surface area contributed by atoms with E-state index in [1.54, 1.807) is 0 Å². The van der Waals surface area contributed by atoms with Crippen molar-refractivity contribution >= 4 is 0 Å². The maximum absolute atomic E-state index is 6.26. The van der Waals surface area contributed by atoms with Crippen LogP contribution in [-0.2, 0) is 4.74 Å². The van der Waals surface area contributed by atoms with Crippen LogP contribution in [0.5, 0.6) is 0 Å². The van der Waals surface area contributed by atoms with Gasteiger partial charge in [0.25, 0.3) is 0 Å². The van der Waals surface area contributed by atoms with Crippen molar-refractivity contribution in [1.29, 1.82) is 0 Å². The summed E-state index contributed by atoms with van der Waals surface area (Å²) >= 11 is 0. The Kier molecular flexibility index (Phi) is 8.08. The van der Waals surface area contributed by atoms with E-state index in [0.717, 1.165) is 26.0 Å². The molecule has 3 unspecified atom stereocenters. The minimum absolute atomic E-state index is 0.169. The molecule has 0 aromatic rings. The Hall–Kier alpha value is -0.120. The summed E-state index contributed by atoms with van der Waals surface area (Å²) in [5.74, 6) is 0. The van der Waals surface area contributed by atoms with Gasteiger partial charge in [0.05, 0.1) is 6.10 Å². The minimum atomic E-state index is 0.169. The molecule has 1 saturated heterocycles. The lowest BCUT2D eigenvalue weighted by molar-refractivity contribution is -0.0852. The second-order valence-electron chi connectivity index (χ2n) is 6.47. The Bertz CT molecular complexity index is 257. The quantitative estimate of drug-likeness (QED) is 0.703. The molecule has 3 atom stereocenters. The molecule has 0 spiro atoms. The first kappa shape index (κ1) is 17.9. The van der Waals surface area contributed by atoms with Crippen LogP contribution in [0.1, 0.15) is 72.6 Å². The maximum atomic E-state index is 6.26. The first-order valence-electron chi connectivity index (χ1n) is 8.71. The van der Waals surface area contributed by atoms with Crippen molar-refractivity contribution in [3.05, 3.63) is 0 Å². The van der Waals surface area contributed by atoms with Crippen LogP contribution < -0.4 is 5.73 Å². The predicted octanol–water partition coefficient (Wildman–Crippen LogP) is 3.56. The second kappa shape index (κ2) is 9.01. The van der Waals surface area contributed by atoms with Gasteiger partial charge in [-0.15, -0.1) is 0 Å². The van der Waals surface area contributed by atoms with Crippen LogP contribution in [0.4, 0.5) is 0 Å². The predicted molar refractivity (Wildman–Crippen MR) is 87.0 cm³/mol. The molecule has 0 aromatic heterocycles. The zero-order valence-electron chi connectivity index (χ0n) is 14.2. The smallest absolute Gasteiger partial charge is 0.0593 e. The minimum Gasteiger partial charge on any atom is -0.378 e. The van der Waals surface area contributed by atoms with Crippen molar-refractivity contribution in [2.75, 3.05) is 19.7 Å². The normalized spacial score (nSPS) is 28.8. The number of unbranched alkanes of at least 4 members (excludes halogenated alkanes) is 1. The third-order valence-electron chi connectivity index (χ3n) is 5.00. The van der Waals surface area contributed by atoms with Crippen LogP contribution >= 0.6 is 0 Å². The highest BCUT2D eigenvalue weighted by Gasteiger charge is 2.41. The summed E-state index contributed by atoms with van der Waals surface area (Å²) in [5, 5.41) is 0. The number of ether oxygens (including phenoxy) is 1. The van der Waals surface area contributed by atoms with E-state index < -0.39 is 0 Å². The number of nitrogens with zero attached hydrogens (tertiary/aromatic N) is 1. The Labute approximate surface area is 126 Å². The van der Waals surface area contributed by atoms with Gasteiger partial charge in [0, 0.05) is 24.7 Å². The van der Waals surface area contributed by atoms with E-state index in [4.69, 9.17) is 10.5 Å². The average Bonchev–Trinajstić information content (AvgIpc) is 2.48. The molecule has 0 aromatic carbocycles. The molecule has 3 heteroatoms. The van der Waals surface area contributed by atoms with Crippen molar-refractivity contribution in [1.82, 2.24) is 4.90 Å². The van der Waals surface area contributed by atoms with E-state index in [1.807, 2.05) is 0 Å². The second-order valence-corrected chi connectivity index (χ2v) is 6.47. The first-order chi connectivity index (χ1) is 9.63. The molecule has 0 saturated carbocycles. The molecule has 120 valence electrons. The summed E-state index contributed by atoms with van der Waals surface area (Å²) in [7, 11) is 0. The Morgan fingerprint density at radius 3 is 2.60 bits per heavy atom. The Morgan fingerprint density at radius 1 is 1.30 bits per heavy atom. The van der Waals surface area contributed by atoms with Gasteiger partial charge >= 0.3 is 0 Å². The molecule has 2 N–H and O–H groups in total. The highest BCUT2D eigenvalue weighted by Crippen LogP contribution is 2.34. The van der Waals surface area contributed by atoms with Gasteiger partial charge in [-0.1, -0.05) is 33.6 Å². The van der Waals surface area contributed by atoms with Gasteiger partial charge in [-0.2, -0.15) is 0 Å². The molecule has 1 aliphatic heterocycles. The highest BCUT2D eigenvalue weighted by atomic mass is 16.5. The third kappa shape index (κ3) is 4.44. The molecule has 3 nitrogen and oxygen atoms in total. The monoisotopic (exact) mass is 284 g/mol. The lowest BCUT2D eigenvalue weighted by Crippen LogP contribution is -2.61. The van der Waals surface area contributed by atoms with E-state index in [-0.39, 0.29) is 5.54 Å². The molecule has 1 aliphatic rings. The van der Waals surface area contributed by atoms with Crippen molar-refractivity contribution in [3.8, 4) is 0 Å². The summed E-state index contributed by atoms with van der Waals surface area (Å²) in [6, 6.07) is 0.616. The fourth-order valence-electron chi connectivity index (χ4n) is 3.55. The fraction of sp³-hybridized carbons (Fsp3) is 1.00. The molecule has 1 fully saturated rings. The molecule has 0 radical (unpaired) electrons. The summed E-state index contributed by atoms with van der Waals surface area (Å²) in [6.45, 7) is 12.0. The van der Waals surface area contributed by atoms with Crippen LogP contribution in [0.15, 0.2) is 0 Å². The van der Waals surface area contributed by atoms with E-state index in [9.17, 15) is 0 Å². The number of hydrogen-bond donors (Lipinski definition) is 1. The number of hydrogen-bond acceptors (Lipinski definition) is 3. The van der Waals surface area contributed by atoms with E-state index in [0.29, 0.717) is 12.1 Å². The third-order valence-corrected chi connectivity index (χ3v) is 5.00. The van der Waals surface area contributed by atoms with Gasteiger partial charge in [0.2, 0.25) is 0 Å². The van der Waals surface area contributed by atoms with Crippen LogP contribution in [0.25, 0.3) is 0 Å². The Balaban J connectivity index is 2.84. The van der Waals surface area contributed by atoms with Crippen LogP contribution in [0.2, 0.25) is 0 Å². The zero-order valence-corrected chi connectivity index (χ0v) is 14.2. The maximum Gasteiger partial charge on any atom is 0.0593 e. The number of nitrogens with two attached hydrogens (primary N) is 1. The fourth-order valence-corrected chi connectivity index (χ4v) is 3.55. The van der Waals surface area contributed by atoms with Gasteiger partial charge in [-0.25, -0.2) is 0 Å². The van der Waals surface area contributed by atoms with Gasteiger partial charge in [0.15, 0.2) is 0 Å². The first-order valence-corrected chi connectivity index (χ1v) is 8.71. The van der Waals surface area contributed by atoms with E-state index in [1.165, 1.54) is 38.6 Å². The van der Waals surface area contributed by atoms with Crippen LogP contribution in [-0.4, -0.2) is 42.3 Å². The molecule has 20 heavy (non-hydrogen) atoms. The van der Waals surface area contributed by atoms with Gasteiger partial charge in [0.1, 0.15) is 0 Å². The SMILES string of the molecule is CCCCN(C(C)CC)C1(CN)CCOC(CCC)C1. The van der Waals surface area contributed by atoms with Crippen molar-refractivity contribution < 1.29 is 4.74 Å². The van der Waals surface area contributed by atoms with Crippen molar-refractivity contribution in [3.63, 3.8) is 0 Å². The van der Waals surface area contributed by atoms with Crippen LogP contribution in [0, 0.1) is 0 Å². The average molecular weight is 284 g/mol. The van der Waals surface area contributed by atoms with Gasteiger partial charge < -0.3 is 10.5 Å². The standard InChI is InChI=1S/C17H36N2O/c1-5-8-11-19(15(4)7-3)17(14-18)10-12-20-16(13-17)9-6-2/h15-16H,5-14,18H2,1-4H3. The van der Waals surface area contributed by atoms with Crippen molar-refractivity contribution in [2.24, 2.45) is 5.73 Å². The summed E-state index contributed by atoms with van der Waals surface area (Å²) in [4.78, 5) is 2.71. The van der Waals surface area contributed by atoms with Gasteiger partial charge in [-0.05, 0) is 45.6 Å². The van der Waals surface area contributed by atoms with Crippen LogP contribution in [0.3, 0.4) is 0 Å². The highest BCUT2D eigenvalue weighted by molar-refractivity contribution is 4.98. The summed E-state index contributed by atoms with van der Waals surface area (Å²) < 4.78 is 5.96. The molecule has 1 rings (SSSR count). The molecule has 0 aliphatic carbocycles. The zero-order chi connectivity index (χ0) is 15.0. The molecular formula is C17H36N2O. The van der Waals surface area contributed by atoms with E-state index >= 15 is 0 Å². The van der Waals surface area contributed by atoms with E-state index in [2.05, 4.69) is 32.6 Å². The lowest BCUT2D eigenvalue weighted by Gasteiger charge is -2.50. The topological polar surface area (TPSA) is 38.5 Å². The summed E-state index contributed by atoms with van der Waals surface area (Å²) in [5.41, 5.74) is 6.43. The van der Waals surface area contributed by atoms with Gasteiger partial charge in [-0.3, -0.25) is 4.90 Å². The molecule has 0 bridgehead atoms. The Morgan fingerprint density at radius 2 is 2.05 bits per heavy atom. The molecule has 1 heterocycles. The summed E-state index contributed by atoms with van der Waals surface area (Å²) in [6.07, 6.45) is 8.71. The molecular weight excluding hydrogens is 248 g/mol. The number of rotatable bonds is 9. The molecule has 0 amide bonds.